The highest BCUT2D eigenvalue weighted by Crippen LogP contribution is 2.55. The maximum Gasteiger partial charge on any atom is 0.296 e. The molecule has 3 fully saturated rings. The first-order valence-electron chi connectivity index (χ1n) is 24.0. The molecule has 1 unspecified atom stereocenters. The van der Waals surface area contributed by atoms with Gasteiger partial charge in [0.25, 0.3) is 11.7 Å². The van der Waals surface area contributed by atoms with E-state index < -0.39 is 77.3 Å². The summed E-state index contributed by atoms with van der Waals surface area (Å²) < 4.78 is 23.5. The van der Waals surface area contributed by atoms with Crippen molar-refractivity contribution in [1.29, 1.82) is 0 Å². The van der Waals surface area contributed by atoms with Crippen LogP contribution in [0.2, 0.25) is 0 Å². The lowest BCUT2D eigenvalue weighted by Gasteiger charge is -2.53. The van der Waals surface area contributed by atoms with Gasteiger partial charge in [-0.3, -0.25) is 24.4 Å². The lowest BCUT2D eigenvalue weighted by Crippen LogP contribution is -2.60. The molecule has 2 aliphatic carbocycles. The summed E-state index contributed by atoms with van der Waals surface area (Å²) in [5.41, 5.74) is 0.0430. The molecule has 14 heteroatoms. The summed E-state index contributed by atoms with van der Waals surface area (Å²) in [6.07, 6.45) is 11.2. The van der Waals surface area contributed by atoms with Gasteiger partial charge in [-0.25, -0.2) is 4.89 Å². The molecule has 4 rings (SSSR count). The van der Waals surface area contributed by atoms with E-state index in [4.69, 9.17) is 23.8 Å². The van der Waals surface area contributed by atoms with Crippen LogP contribution in [-0.4, -0.2) is 131 Å². The molecule has 2 aliphatic heterocycles. The number of ketones is 3. The molecule has 0 spiro atoms. The number of nitrogens with zero attached hydrogens (tertiary/aromatic N) is 1. The van der Waals surface area contributed by atoms with Crippen molar-refractivity contribution in [2.45, 2.75) is 181 Å². The van der Waals surface area contributed by atoms with Crippen molar-refractivity contribution in [2.75, 3.05) is 27.9 Å². The van der Waals surface area contributed by atoms with E-state index in [1.54, 1.807) is 38.9 Å². The Morgan fingerprint density at radius 1 is 0.954 bits per heavy atom. The first kappa shape index (κ1) is 54.7. The predicted molar refractivity (Wildman–Crippen MR) is 246 cm³/mol. The topological polar surface area (TPSA) is 199 Å². The first-order valence-corrected chi connectivity index (χ1v) is 24.0. The van der Waals surface area contributed by atoms with Gasteiger partial charge in [-0.1, -0.05) is 71.1 Å². The molecule has 0 aromatic heterocycles. The van der Waals surface area contributed by atoms with Gasteiger partial charge in [-0.2, -0.15) is 0 Å². The van der Waals surface area contributed by atoms with Crippen molar-refractivity contribution in [3.63, 3.8) is 0 Å². The average Bonchev–Trinajstić information content (AvgIpc) is 3.28. The van der Waals surface area contributed by atoms with Crippen LogP contribution < -0.4 is 0 Å². The van der Waals surface area contributed by atoms with Crippen molar-refractivity contribution >= 4 is 23.3 Å². The number of likely N-dealkylation sites (tertiary alicyclic amines) is 1. The number of piperidine rings is 1. The fraction of sp³-hybridized carbons (Fsp3) is 0.765. The molecule has 14 nitrogen and oxygen atoms in total. The number of carbonyl (C=O) groups excluding carboxylic acids is 4. The second-order valence-corrected chi connectivity index (χ2v) is 19.9. The molecule has 1 amide bonds. The van der Waals surface area contributed by atoms with Crippen LogP contribution >= 0.6 is 0 Å². The fourth-order valence-corrected chi connectivity index (χ4v) is 11.5. The number of aliphatic hydroxyl groups is 3. The Hall–Kier alpha value is -2.92. The summed E-state index contributed by atoms with van der Waals surface area (Å²) >= 11 is 0. The van der Waals surface area contributed by atoms with E-state index in [-0.39, 0.29) is 47.9 Å². The molecule has 65 heavy (non-hydrogen) atoms. The predicted octanol–water partition coefficient (Wildman–Crippen LogP) is 6.74. The van der Waals surface area contributed by atoms with Gasteiger partial charge in [0.1, 0.15) is 24.1 Å². The summed E-state index contributed by atoms with van der Waals surface area (Å²) in [5.74, 6) is -7.02. The lowest BCUT2D eigenvalue weighted by molar-refractivity contribution is -0.300. The second kappa shape index (κ2) is 24.4. The van der Waals surface area contributed by atoms with Crippen LogP contribution in [0, 0.1) is 40.9 Å². The normalized spacial score (nSPS) is 38.3. The number of hydrogen-bond donors (Lipinski definition) is 4. The number of hydrogen-bond acceptors (Lipinski definition) is 13. The third kappa shape index (κ3) is 12.4. The third-order valence-electron chi connectivity index (χ3n) is 15.6. The molecule has 0 aromatic rings. The highest BCUT2D eigenvalue weighted by molar-refractivity contribution is 6.38. The molecule has 16 atom stereocenters. The summed E-state index contributed by atoms with van der Waals surface area (Å²) in [5, 5.41) is 44.6. The summed E-state index contributed by atoms with van der Waals surface area (Å²) in [4.78, 5) is 62.5. The van der Waals surface area contributed by atoms with E-state index in [2.05, 4.69) is 6.92 Å². The van der Waals surface area contributed by atoms with Gasteiger partial charge in [-0.05, 0) is 113 Å². The molecule has 0 radical (unpaired) electrons. The SMILES string of the molecule is CO[C@@H](C[C@@H]1CC[C@@H](C)[C@](O)(C(=O)C(=O)N2CCCC[C@@H]2C)O1)/C(C)=C/C=C\C=C\[C@@H](C)C[C@@H](C)C1([C@@H]2CC[C@@H](O)[C@H](OC)C2)C(=O)[C@H](OC)[C@H](O)/C(C)=C\[C@@H](C)C(=O)C[C@H](OO)[C@@H]1C. The standard InChI is InChI=1S/C51H81NO13/c1-30(17-13-12-14-18-31(2)42(61-9)28-39-22-20-34(5)51(59,64-39)48(57)49(58)52-24-16-15-19-36(52)7)25-35(6)50(38-21-23-40(53)44(27-38)62-10)37(8)43(65-60)29-41(54)32(3)26-33(4)45(55)46(63-11)47(50)56/h12-14,17-18,26,30,32,34-40,42-46,53,55,59-60H,15-16,19-25,27-29H2,1-11H3/b14-12-,17-13+,31-18+,33-26-/t30-,32-,34-,35-,36+,37+,38-,39+,40-,42+,43+,44-,45-,46-,50?,51-/m1/s1. The Labute approximate surface area is 387 Å². The minimum atomic E-state index is -2.20. The monoisotopic (exact) mass is 916 g/mol. The van der Waals surface area contributed by atoms with Crippen LogP contribution in [0.4, 0.5) is 0 Å². The number of methoxy groups -OCH3 is 3. The highest BCUT2D eigenvalue weighted by atomic mass is 17.1. The van der Waals surface area contributed by atoms with Crippen LogP contribution in [0.25, 0.3) is 0 Å². The first-order chi connectivity index (χ1) is 30.7. The number of amides is 1. The largest absolute Gasteiger partial charge is 0.390 e. The van der Waals surface area contributed by atoms with Gasteiger partial charge in [0.05, 0.1) is 24.4 Å². The van der Waals surface area contributed by atoms with Crippen LogP contribution in [0.5, 0.6) is 0 Å². The molecule has 4 N–H and O–H groups in total. The fourth-order valence-electron chi connectivity index (χ4n) is 11.5. The molecule has 4 aliphatic rings. The van der Waals surface area contributed by atoms with Gasteiger partial charge >= 0.3 is 0 Å². The second-order valence-electron chi connectivity index (χ2n) is 19.9. The van der Waals surface area contributed by atoms with E-state index >= 15 is 4.79 Å². The third-order valence-corrected chi connectivity index (χ3v) is 15.6. The number of rotatable bonds is 16. The van der Waals surface area contributed by atoms with Gasteiger partial charge in [0, 0.05) is 64.0 Å². The van der Waals surface area contributed by atoms with Gasteiger partial charge in [0.2, 0.25) is 5.79 Å². The van der Waals surface area contributed by atoms with E-state index in [9.17, 15) is 35.0 Å². The Balaban J connectivity index is 1.54. The molecule has 368 valence electrons. The number of ether oxygens (including phenoxy) is 4. The van der Waals surface area contributed by atoms with Gasteiger partial charge in [-0.15, -0.1) is 0 Å². The quantitative estimate of drug-likeness (QED) is 0.0418. The number of allylic oxidation sites excluding steroid dienone is 6. The van der Waals surface area contributed by atoms with Crippen LogP contribution in [0.1, 0.15) is 126 Å². The van der Waals surface area contributed by atoms with Crippen molar-refractivity contribution in [3.05, 3.63) is 47.6 Å². The molecule has 0 aromatic carbocycles. The minimum Gasteiger partial charge on any atom is -0.390 e. The molecule has 1 saturated carbocycles. The average molecular weight is 916 g/mol. The molecule has 2 heterocycles. The Bertz CT molecular complexity index is 1740. The Morgan fingerprint density at radius 2 is 1.66 bits per heavy atom. The van der Waals surface area contributed by atoms with Crippen LogP contribution in [0.3, 0.4) is 0 Å². The zero-order valence-electron chi connectivity index (χ0n) is 40.9. The summed E-state index contributed by atoms with van der Waals surface area (Å²) in [6.45, 7) is 15.4. The minimum absolute atomic E-state index is 0.0612. The molecule has 0 bridgehead atoms. The summed E-state index contributed by atoms with van der Waals surface area (Å²) in [6, 6.07) is -0.0698. The summed E-state index contributed by atoms with van der Waals surface area (Å²) in [7, 11) is 4.53. The maximum atomic E-state index is 15.4. The highest BCUT2D eigenvalue weighted by Gasteiger charge is 2.60. The van der Waals surface area contributed by atoms with Crippen LogP contribution in [0.15, 0.2) is 47.6 Å². The number of aliphatic hydroxyl groups excluding tert-OH is 2. The van der Waals surface area contributed by atoms with Crippen LogP contribution in [-0.2, 0) is 43.0 Å². The van der Waals surface area contributed by atoms with Crippen molar-refractivity contribution < 1.29 is 63.6 Å². The van der Waals surface area contributed by atoms with E-state index in [1.165, 1.54) is 14.2 Å². The zero-order valence-corrected chi connectivity index (χ0v) is 40.9. The molecule has 2 saturated heterocycles. The van der Waals surface area contributed by atoms with Gasteiger partial charge < -0.3 is 39.2 Å². The number of carbonyl (C=O) groups is 4. The van der Waals surface area contributed by atoms with E-state index in [0.717, 1.165) is 24.8 Å². The van der Waals surface area contributed by atoms with Crippen molar-refractivity contribution in [2.24, 2.45) is 40.9 Å². The van der Waals surface area contributed by atoms with Gasteiger partial charge in [0.15, 0.2) is 5.78 Å². The maximum absolute atomic E-state index is 15.4. The Morgan fingerprint density at radius 3 is 2.29 bits per heavy atom. The lowest BCUT2D eigenvalue weighted by atomic mass is 9.51. The smallest absolute Gasteiger partial charge is 0.296 e. The Kier molecular flexibility index (Phi) is 20.5. The van der Waals surface area contributed by atoms with E-state index in [1.807, 2.05) is 58.1 Å². The molecular weight excluding hydrogens is 835 g/mol. The molecular formula is C51H81NO13. The van der Waals surface area contributed by atoms with Crippen molar-refractivity contribution in [1.82, 2.24) is 4.90 Å². The number of Topliss-reactive ketones (excluding diaryl/α,β-unsaturated/α-hetero) is 3. The zero-order chi connectivity index (χ0) is 48.4. The van der Waals surface area contributed by atoms with E-state index in [0.29, 0.717) is 57.1 Å². The van der Waals surface area contributed by atoms with Crippen molar-refractivity contribution in [3.8, 4) is 0 Å².